The van der Waals surface area contributed by atoms with Crippen molar-refractivity contribution in [2.75, 3.05) is 6.61 Å². The number of fused-ring (bicyclic) bond motifs is 1. The second kappa shape index (κ2) is 6.71. The summed E-state index contributed by atoms with van der Waals surface area (Å²) in [6, 6.07) is -0.103. The first-order valence-corrected chi connectivity index (χ1v) is 7.83. The van der Waals surface area contributed by atoms with Gasteiger partial charge < -0.3 is 24.7 Å². The maximum Gasteiger partial charge on any atom is 0.187 e. The fourth-order valence-electron chi connectivity index (χ4n) is 2.88. The van der Waals surface area contributed by atoms with Crippen molar-refractivity contribution in [3.63, 3.8) is 0 Å². The number of ether oxygens (including phenoxy) is 4. The molecule has 2 rings (SSSR count). The molecule has 2 aliphatic heterocycles. The third-order valence-electron chi connectivity index (χ3n) is 3.85. The van der Waals surface area contributed by atoms with Crippen LogP contribution >= 0.6 is 0 Å². The minimum absolute atomic E-state index is 0.103. The molecule has 0 aliphatic carbocycles. The summed E-state index contributed by atoms with van der Waals surface area (Å²) in [7, 11) is 0. The molecule has 20 heavy (non-hydrogen) atoms. The fourth-order valence-corrected chi connectivity index (χ4v) is 2.88. The van der Waals surface area contributed by atoms with E-state index in [0.29, 0.717) is 6.61 Å². The van der Waals surface area contributed by atoms with E-state index in [0.717, 1.165) is 6.42 Å². The zero-order chi connectivity index (χ0) is 14.8. The Morgan fingerprint density at radius 2 is 1.85 bits per heavy atom. The van der Waals surface area contributed by atoms with E-state index in [4.69, 9.17) is 24.7 Å². The predicted molar refractivity (Wildman–Crippen MR) is 76.2 cm³/mol. The molecule has 0 spiro atoms. The molecule has 2 fully saturated rings. The molecular weight excluding hydrogens is 258 g/mol. The Bertz CT molecular complexity index is 308. The lowest BCUT2D eigenvalue weighted by Gasteiger charge is -2.25. The van der Waals surface area contributed by atoms with Gasteiger partial charge in [-0.15, -0.1) is 0 Å². The molecule has 0 aromatic rings. The van der Waals surface area contributed by atoms with E-state index in [-0.39, 0.29) is 30.6 Å². The number of hydrogen-bond donors (Lipinski definition) is 1. The van der Waals surface area contributed by atoms with Crippen molar-refractivity contribution < 1.29 is 18.9 Å². The van der Waals surface area contributed by atoms with Crippen LogP contribution in [0, 0.1) is 0 Å². The van der Waals surface area contributed by atoms with Gasteiger partial charge in [0.2, 0.25) is 0 Å². The monoisotopic (exact) mass is 287 g/mol. The van der Waals surface area contributed by atoms with Gasteiger partial charge in [-0.05, 0) is 27.2 Å². The van der Waals surface area contributed by atoms with Crippen LogP contribution in [-0.2, 0) is 18.9 Å². The number of hydrogen-bond acceptors (Lipinski definition) is 5. The van der Waals surface area contributed by atoms with Crippen LogP contribution in [-0.4, -0.2) is 43.0 Å². The van der Waals surface area contributed by atoms with Crippen molar-refractivity contribution >= 4 is 0 Å². The average Bonchev–Trinajstić information content (AvgIpc) is 2.83. The first kappa shape index (κ1) is 16.2. The van der Waals surface area contributed by atoms with Gasteiger partial charge in [0.25, 0.3) is 0 Å². The molecule has 0 aromatic carbocycles. The molecule has 5 nitrogen and oxygen atoms in total. The molecule has 2 N–H and O–H groups in total. The highest BCUT2D eigenvalue weighted by Crippen LogP contribution is 2.39. The summed E-state index contributed by atoms with van der Waals surface area (Å²) in [6.45, 7) is 8.66. The van der Waals surface area contributed by atoms with Gasteiger partial charge in [-0.25, -0.2) is 0 Å². The largest absolute Gasteiger partial charge is 0.350 e. The number of unbranched alkanes of at least 4 members (excludes halogenated alkanes) is 3. The molecule has 2 saturated heterocycles. The van der Waals surface area contributed by atoms with Crippen LogP contribution in [0.4, 0.5) is 0 Å². The molecule has 0 aromatic heterocycles. The topological polar surface area (TPSA) is 62.9 Å². The highest BCUT2D eigenvalue weighted by Gasteiger charge is 2.56. The summed E-state index contributed by atoms with van der Waals surface area (Å²) in [5.74, 6) is -0.587. The third-order valence-corrected chi connectivity index (χ3v) is 3.85. The molecule has 0 amide bonds. The predicted octanol–water partition coefficient (Wildman–Crippen LogP) is 2.18. The first-order valence-electron chi connectivity index (χ1n) is 7.83. The summed E-state index contributed by atoms with van der Waals surface area (Å²) in [5.41, 5.74) is 5.98. The van der Waals surface area contributed by atoms with Crippen LogP contribution in [0.15, 0.2) is 0 Å². The zero-order valence-electron chi connectivity index (χ0n) is 13.1. The van der Waals surface area contributed by atoms with Crippen molar-refractivity contribution in [3.05, 3.63) is 0 Å². The molecule has 0 radical (unpaired) electrons. The summed E-state index contributed by atoms with van der Waals surface area (Å²) in [5, 5.41) is 0. The quantitative estimate of drug-likeness (QED) is 0.727. The van der Waals surface area contributed by atoms with E-state index in [1.165, 1.54) is 19.3 Å². The lowest BCUT2D eigenvalue weighted by molar-refractivity contribution is -0.235. The molecule has 5 heteroatoms. The Morgan fingerprint density at radius 1 is 1.15 bits per heavy atom. The van der Waals surface area contributed by atoms with Crippen LogP contribution in [0.3, 0.4) is 0 Å². The van der Waals surface area contributed by atoms with Crippen LogP contribution < -0.4 is 5.73 Å². The highest BCUT2D eigenvalue weighted by atomic mass is 16.8. The fraction of sp³-hybridized carbons (Fsp3) is 1.00. The average molecular weight is 287 g/mol. The van der Waals surface area contributed by atoms with Gasteiger partial charge >= 0.3 is 0 Å². The van der Waals surface area contributed by atoms with Gasteiger partial charge in [-0.2, -0.15) is 0 Å². The minimum atomic E-state index is -0.587. The summed E-state index contributed by atoms with van der Waals surface area (Å²) >= 11 is 0. The Morgan fingerprint density at radius 3 is 2.50 bits per heavy atom. The molecule has 2 heterocycles. The van der Waals surface area contributed by atoms with Gasteiger partial charge in [-0.3, -0.25) is 0 Å². The highest BCUT2D eigenvalue weighted by molar-refractivity contribution is 4.98. The molecule has 5 atom stereocenters. The Kier molecular flexibility index (Phi) is 5.42. The van der Waals surface area contributed by atoms with E-state index < -0.39 is 5.79 Å². The van der Waals surface area contributed by atoms with Crippen molar-refractivity contribution in [2.24, 2.45) is 5.73 Å². The molecular formula is C15H29NO4. The normalized spacial score (nSPS) is 37.0. The maximum absolute atomic E-state index is 5.98. The third kappa shape index (κ3) is 3.71. The van der Waals surface area contributed by atoms with Crippen molar-refractivity contribution in [2.45, 2.75) is 89.8 Å². The van der Waals surface area contributed by atoms with Gasteiger partial charge in [0.15, 0.2) is 12.1 Å². The molecule has 0 unspecified atom stereocenters. The van der Waals surface area contributed by atoms with Gasteiger partial charge in [0.05, 0.1) is 0 Å². The number of rotatable bonds is 7. The molecule has 0 saturated carbocycles. The smallest absolute Gasteiger partial charge is 0.187 e. The van der Waals surface area contributed by atoms with E-state index >= 15 is 0 Å². The van der Waals surface area contributed by atoms with Gasteiger partial charge in [0, 0.05) is 12.6 Å². The minimum Gasteiger partial charge on any atom is -0.350 e. The Labute approximate surface area is 122 Å². The van der Waals surface area contributed by atoms with Crippen molar-refractivity contribution in [1.82, 2.24) is 0 Å². The van der Waals surface area contributed by atoms with Crippen molar-refractivity contribution in [3.8, 4) is 0 Å². The second-order valence-corrected chi connectivity index (χ2v) is 6.32. The standard InChI is InChI=1S/C15H29NO4/c1-5-6-7-8-9-17-14-13-12(11(18-14)10(2)16)19-15(3,4)20-13/h10-14H,5-9,16H2,1-4H3/t10-,11+,12-,13-,14-/m0/s1. The van der Waals surface area contributed by atoms with Gasteiger partial charge in [-0.1, -0.05) is 26.2 Å². The van der Waals surface area contributed by atoms with Crippen LogP contribution in [0.1, 0.15) is 53.4 Å². The molecule has 118 valence electrons. The van der Waals surface area contributed by atoms with Crippen molar-refractivity contribution in [1.29, 1.82) is 0 Å². The lowest BCUT2D eigenvalue weighted by Crippen LogP contribution is -2.41. The molecule has 0 bridgehead atoms. The summed E-state index contributed by atoms with van der Waals surface area (Å²) < 4.78 is 23.6. The van der Waals surface area contributed by atoms with Gasteiger partial charge in [0.1, 0.15) is 18.3 Å². The van der Waals surface area contributed by atoms with E-state index in [9.17, 15) is 0 Å². The Balaban J connectivity index is 1.86. The maximum atomic E-state index is 5.98. The SMILES string of the molecule is CCCCCCO[C@H]1O[C@H]([C@H](C)N)[C@@H]2OC(C)(C)O[C@H]12. The summed E-state index contributed by atoms with van der Waals surface area (Å²) in [6.07, 6.45) is 3.88. The Hall–Kier alpha value is -0.200. The van der Waals surface area contributed by atoms with Crippen LogP contribution in [0.2, 0.25) is 0 Å². The molecule has 2 aliphatic rings. The lowest BCUT2D eigenvalue weighted by atomic mass is 10.1. The van der Waals surface area contributed by atoms with Crippen LogP contribution in [0.25, 0.3) is 0 Å². The summed E-state index contributed by atoms with van der Waals surface area (Å²) in [4.78, 5) is 0. The first-order chi connectivity index (χ1) is 9.44. The van der Waals surface area contributed by atoms with E-state index in [2.05, 4.69) is 6.92 Å². The second-order valence-electron chi connectivity index (χ2n) is 6.32. The number of nitrogens with two attached hydrogens (primary N) is 1. The van der Waals surface area contributed by atoms with E-state index in [1.807, 2.05) is 20.8 Å². The zero-order valence-corrected chi connectivity index (χ0v) is 13.1. The van der Waals surface area contributed by atoms with Crippen LogP contribution in [0.5, 0.6) is 0 Å². The van der Waals surface area contributed by atoms with E-state index in [1.54, 1.807) is 0 Å².